The minimum atomic E-state index is -4.96. The van der Waals surface area contributed by atoms with Gasteiger partial charge in [0.05, 0.1) is 26.4 Å². The third-order valence-electron chi connectivity index (χ3n) is 19.4. The molecule has 0 aromatic rings. The average molecular weight is 1490 g/mol. The Kier molecular flexibility index (Phi) is 71.8. The Labute approximate surface area is 626 Å². The summed E-state index contributed by atoms with van der Waals surface area (Å²) >= 11 is 0. The maximum absolute atomic E-state index is 13.1. The SMILES string of the molecule is CCCCCCCCCCCCCC(=O)OC[C@H](COP(=O)(O)OC[C@H](O)COP(=O)(O)OC[C@@H](COC(=O)CCCCCCCCCCCCCCCCCCC(C)C)OC(=O)CCCCCCCCCCCCCCCCCCC(C)C)OC(=O)CCCCCCCCCCCCC(C)C. The highest BCUT2D eigenvalue weighted by Crippen LogP contribution is 2.45. The van der Waals surface area contributed by atoms with E-state index in [2.05, 4.69) is 48.5 Å². The van der Waals surface area contributed by atoms with Crippen molar-refractivity contribution in [2.45, 2.75) is 452 Å². The molecule has 0 saturated carbocycles. The third-order valence-corrected chi connectivity index (χ3v) is 21.3. The maximum Gasteiger partial charge on any atom is 0.472 e. The summed E-state index contributed by atoms with van der Waals surface area (Å²) in [5, 5.41) is 10.7. The van der Waals surface area contributed by atoms with E-state index in [0.717, 1.165) is 108 Å². The molecule has 606 valence electrons. The zero-order chi connectivity index (χ0) is 75.1. The highest BCUT2D eigenvalue weighted by atomic mass is 31.2. The Morgan fingerprint density at radius 1 is 0.265 bits per heavy atom. The molecule has 0 fully saturated rings. The Bertz CT molecular complexity index is 1970. The third kappa shape index (κ3) is 76.3. The van der Waals surface area contributed by atoms with Crippen molar-refractivity contribution in [3.63, 3.8) is 0 Å². The molecule has 0 aromatic carbocycles. The van der Waals surface area contributed by atoms with Crippen LogP contribution < -0.4 is 0 Å². The molecule has 3 N–H and O–H groups in total. The van der Waals surface area contributed by atoms with Gasteiger partial charge in [-0.1, -0.05) is 382 Å². The molecule has 0 bridgehead atoms. The van der Waals surface area contributed by atoms with Gasteiger partial charge in [0, 0.05) is 25.7 Å². The van der Waals surface area contributed by atoms with Gasteiger partial charge in [-0.15, -0.1) is 0 Å². The molecule has 2 unspecified atom stereocenters. The van der Waals surface area contributed by atoms with E-state index in [9.17, 15) is 43.2 Å². The number of carbonyl (C=O) groups is 4. The number of rotatable bonds is 81. The Hall–Kier alpha value is -1.94. The highest BCUT2D eigenvalue weighted by molar-refractivity contribution is 7.47. The van der Waals surface area contributed by atoms with Crippen molar-refractivity contribution < 1.29 is 80.2 Å². The minimum absolute atomic E-state index is 0.106. The second kappa shape index (κ2) is 73.2. The van der Waals surface area contributed by atoms with E-state index in [1.807, 2.05) is 0 Å². The summed E-state index contributed by atoms with van der Waals surface area (Å²) in [6.07, 6.45) is 62.4. The number of hydrogen-bond acceptors (Lipinski definition) is 15. The molecule has 5 atom stereocenters. The van der Waals surface area contributed by atoms with Crippen LogP contribution in [0.3, 0.4) is 0 Å². The fourth-order valence-electron chi connectivity index (χ4n) is 12.8. The second-order valence-electron chi connectivity index (χ2n) is 31.3. The topological polar surface area (TPSA) is 237 Å². The summed E-state index contributed by atoms with van der Waals surface area (Å²) in [5.41, 5.74) is 0. The Morgan fingerprint density at radius 2 is 0.451 bits per heavy atom. The van der Waals surface area contributed by atoms with E-state index in [4.69, 9.17) is 37.0 Å². The molecule has 0 amide bonds. The van der Waals surface area contributed by atoms with Crippen molar-refractivity contribution in [2.24, 2.45) is 17.8 Å². The van der Waals surface area contributed by atoms with Crippen molar-refractivity contribution in [1.29, 1.82) is 0 Å². The summed E-state index contributed by atoms with van der Waals surface area (Å²) in [6.45, 7) is 12.0. The van der Waals surface area contributed by atoms with Crippen molar-refractivity contribution in [3.05, 3.63) is 0 Å². The van der Waals surface area contributed by atoms with E-state index >= 15 is 0 Å². The Balaban J connectivity index is 5.24. The summed E-state index contributed by atoms with van der Waals surface area (Å²) < 4.78 is 68.8. The first-order valence-electron chi connectivity index (χ1n) is 42.8. The largest absolute Gasteiger partial charge is 0.472 e. The lowest BCUT2D eigenvalue weighted by atomic mass is 10.0. The molecule has 0 aliphatic carbocycles. The first-order valence-corrected chi connectivity index (χ1v) is 45.8. The van der Waals surface area contributed by atoms with Gasteiger partial charge in [-0.05, 0) is 43.4 Å². The zero-order valence-corrected chi connectivity index (χ0v) is 68.9. The molecule has 19 heteroatoms. The van der Waals surface area contributed by atoms with E-state index in [1.165, 1.54) is 244 Å². The number of phosphoric acid groups is 2. The number of unbranched alkanes of at least 4 members (excludes halogenated alkanes) is 49. The average Bonchev–Trinajstić information content (AvgIpc) is 0.911. The number of ether oxygens (including phenoxy) is 4. The molecule has 0 aromatic heterocycles. The van der Waals surface area contributed by atoms with Crippen LogP contribution in [0.15, 0.2) is 0 Å². The number of hydrogen-bond donors (Lipinski definition) is 3. The monoisotopic (exact) mass is 1490 g/mol. The summed E-state index contributed by atoms with van der Waals surface area (Å²) in [7, 11) is -9.92. The fourth-order valence-corrected chi connectivity index (χ4v) is 14.4. The van der Waals surface area contributed by atoms with E-state index in [1.54, 1.807) is 0 Å². The van der Waals surface area contributed by atoms with Crippen LogP contribution in [-0.4, -0.2) is 96.7 Å². The number of aliphatic hydroxyl groups is 1. The van der Waals surface area contributed by atoms with Gasteiger partial charge in [-0.2, -0.15) is 0 Å². The molecular weight excluding hydrogens is 1330 g/mol. The molecule has 0 saturated heterocycles. The van der Waals surface area contributed by atoms with Crippen LogP contribution in [0, 0.1) is 17.8 Å². The van der Waals surface area contributed by atoms with Crippen molar-refractivity contribution >= 4 is 39.5 Å². The van der Waals surface area contributed by atoms with Gasteiger partial charge in [-0.25, -0.2) is 9.13 Å². The smallest absolute Gasteiger partial charge is 0.462 e. The van der Waals surface area contributed by atoms with Crippen molar-refractivity contribution in [3.8, 4) is 0 Å². The molecule has 0 heterocycles. The first kappa shape index (κ1) is 100. The predicted molar refractivity (Wildman–Crippen MR) is 418 cm³/mol. The van der Waals surface area contributed by atoms with Crippen molar-refractivity contribution in [1.82, 2.24) is 0 Å². The van der Waals surface area contributed by atoms with Crippen molar-refractivity contribution in [2.75, 3.05) is 39.6 Å². The van der Waals surface area contributed by atoms with Gasteiger partial charge >= 0.3 is 39.5 Å². The van der Waals surface area contributed by atoms with Crippen LogP contribution in [0.25, 0.3) is 0 Å². The molecule has 0 rings (SSSR count). The first-order chi connectivity index (χ1) is 49.2. The molecule has 0 spiro atoms. The van der Waals surface area contributed by atoms with Crippen LogP contribution >= 0.6 is 15.6 Å². The van der Waals surface area contributed by atoms with Crippen LogP contribution in [0.2, 0.25) is 0 Å². The van der Waals surface area contributed by atoms with Crippen LogP contribution in [0.1, 0.15) is 434 Å². The van der Waals surface area contributed by atoms with Gasteiger partial charge in [-0.3, -0.25) is 37.3 Å². The van der Waals surface area contributed by atoms with Gasteiger partial charge in [0.2, 0.25) is 0 Å². The van der Waals surface area contributed by atoms with Gasteiger partial charge in [0.15, 0.2) is 12.2 Å². The molecule has 0 aliphatic heterocycles. The molecule has 102 heavy (non-hydrogen) atoms. The van der Waals surface area contributed by atoms with Crippen LogP contribution in [0.4, 0.5) is 0 Å². The standard InChI is InChI=1S/C83H162O17P2/c1-8-9-10-11-12-13-26-36-43-50-57-64-80(85)93-70-79(100-83(88)67-60-53-46-39-32-31-35-42-49-56-63-76(6)7)73-98-102(91,92)96-69-77(84)68-95-101(89,90)97-72-78(99-82(87)66-59-52-45-38-30-25-21-17-15-19-23-28-34-41-48-55-62-75(4)5)71-94-81(86)65-58-51-44-37-29-24-20-16-14-18-22-27-33-40-47-54-61-74(2)3/h74-79,84H,8-73H2,1-7H3,(H,89,90)(H,91,92)/t77-,78-,79-/m1/s1. The van der Waals surface area contributed by atoms with Gasteiger partial charge < -0.3 is 33.8 Å². The van der Waals surface area contributed by atoms with Gasteiger partial charge in [0.1, 0.15) is 19.3 Å². The minimum Gasteiger partial charge on any atom is -0.462 e. The lowest BCUT2D eigenvalue weighted by Gasteiger charge is -2.21. The molecular formula is C83H162O17P2. The maximum atomic E-state index is 13.1. The van der Waals surface area contributed by atoms with Crippen LogP contribution in [0.5, 0.6) is 0 Å². The summed E-state index contributed by atoms with van der Waals surface area (Å²) in [6, 6.07) is 0. The predicted octanol–water partition coefficient (Wildman–Crippen LogP) is 24.9. The van der Waals surface area contributed by atoms with E-state index in [-0.39, 0.29) is 25.7 Å². The summed E-state index contributed by atoms with van der Waals surface area (Å²) in [5.74, 6) is 0.266. The normalized spacial score (nSPS) is 13.9. The molecule has 0 radical (unpaired) electrons. The number of aliphatic hydroxyl groups excluding tert-OH is 1. The van der Waals surface area contributed by atoms with Crippen LogP contribution in [-0.2, 0) is 65.4 Å². The number of phosphoric ester groups is 2. The zero-order valence-electron chi connectivity index (χ0n) is 67.1. The number of carbonyl (C=O) groups excluding carboxylic acids is 4. The number of esters is 4. The molecule has 17 nitrogen and oxygen atoms in total. The van der Waals surface area contributed by atoms with Gasteiger partial charge in [0.25, 0.3) is 0 Å². The van der Waals surface area contributed by atoms with E-state index < -0.39 is 97.5 Å². The summed E-state index contributed by atoms with van der Waals surface area (Å²) in [4.78, 5) is 73.1. The quantitative estimate of drug-likeness (QED) is 0.0222. The van der Waals surface area contributed by atoms with E-state index in [0.29, 0.717) is 25.7 Å². The Morgan fingerprint density at radius 3 is 0.667 bits per heavy atom. The lowest BCUT2D eigenvalue weighted by Crippen LogP contribution is -2.30. The molecule has 0 aliphatic rings. The lowest BCUT2D eigenvalue weighted by molar-refractivity contribution is -0.161. The highest BCUT2D eigenvalue weighted by Gasteiger charge is 2.30. The second-order valence-corrected chi connectivity index (χ2v) is 34.2. The fraction of sp³-hybridized carbons (Fsp3) is 0.952.